The molecule has 0 saturated heterocycles. The maximum atomic E-state index is 12.6. The third-order valence-corrected chi connectivity index (χ3v) is 5.99. The summed E-state index contributed by atoms with van der Waals surface area (Å²) in [5.74, 6) is 0.326. The number of aliphatic hydroxyl groups excluding tert-OH is 2. The minimum absolute atomic E-state index is 0.0860. The van der Waals surface area contributed by atoms with E-state index < -0.39 is 24.8 Å². The molecule has 192 valence electrons. The van der Waals surface area contributed by atoms with E-state index in [0.717, 1.165) is 21.4 Å². The van der Waals surface area contributed by atoms with Crippen molar-refractivity contribution in [1.82, 2.24) is 9.88 Å². The number of nitrogens with one attached hydrogen (secondary N) is 2. The second-order valence-corrected chi connectivity index (χ2v) is 8.68. The van der Waals surface area contributed by atoms with Crippen LogP contribution in [0.5, 0.6) is 5.75 Å². The molecule has 9 nitrogen and oxygen atoms in total. The third-order valence-electron chi connectivity index (χ3n) is 5.99. The summed E-state index contributed by atoms with van der Waals surface area (Å²) in [6.45, 7) is -0.719. The zero-order chi connectivity index (χ0) is 26.2. The number of hydrogen-bond acceptors (Lipinski definition) is 5. The van der Waals surface area contributed by atoms with Crippen LogP contribution in [0.2, 0.25) is 0 Å². The lowest BCUT2D eigenvalue weighted by Crippen LogP contribution is -2.48. The van der Waals surface area contributed by atoms with Crippen molar-refractivity contribution in [2.45, 2.75) is 18.6 Å². The molecule has 4 rings (SSSR count). The maximum absolute atomic E-state index is 12.6. The van der Waals surface area contributed by atoms with E-state index in [0.29, 0.717) is 17.0 Å². The molecule has 4 aromatic rings. The Hall–Kier alpha value is -4.34. The first-order valence-corrected chi connectivity index (χ1v) is 11.9. The number of aliphatic hydroxyl groups is 2. The molecular weight excluding hydrogens is 474 g/mol. The predicted octanol–water partition coefficient (Wildman–Crippen LogP) is 3.74. The van der Waals surface area contributed by atoms with Gasteiger partial charge in [0, 0.05) is 28.4 Å². The number of amides is 2. The number of ether oxygens (including phenoxy) is 1. The Morgan fingerprint density at radius 1 is 1.00 bits per heavy atom. The normalized spacial score (nSPS) is 12.6. The van der Waals surface area contributed by atoms with E-state index in [2.05, 4.69) is 10.3 Å². The molecule has 37 heavy (non-hydrogen) atoms. The van der Waals surface area contributed by atoms with Crippen molar-refractivity contribution >= 4 is 28.6 Å². The minimum Gasteiger partial charge on any atom is -0.491 e. The number of anilines is 1. The number of para-hydroxylation sites is 1. The molecular formula is C28H29N3O6. The lowest BCUT2D eigenvalue weighted by Gasteiger charge is -2.30. The monoisotopic (exact) mass is 503 g/mol. The first kappa shape index (κ1) is 25.7. The smallest absolute Gasteiger partial charge is 0.407 e. The molecule has 0 fully saturated rings. The summed E-state index contributed by atoms with van der Waals surface area (Å²) in [6.07, 6.45) is -0.280. The second-order valence-electron chi connectivity index (χ2n) is 8.68. The van der Waals surface area contributed by atoms with Gasteiger partial charge in [0.1, 0.15) is 18.5 Å². The molecule has 0 aliphatic carbocycles. The molecule has 9 heteroatoms. The Kier molecular flexibility index (Phi) is 8.40. The van der Waals surface area contributed by atoms with Crippen LogP contribution in [-0.4, -0.2) is 69.1 Å². The Bertz CT molecular complexity index is 1320. The highest BCUT2D eigenvalue weighted by atomic mass is 16.5. The predicted molar refractivity (Wildman–Crippen MR) is 140 cm³/mol. The standard InChI is InChI=1S/C28H29N3O6/c32-17-23(31(28(35)36)16-24(33)18-37-25-4-2-1-3-5-25)14-19-6-9-22(10-7-19)30-27(34)21-8-11-26-20(15-21)12-13-29-26/h1-13,15,23-24,29,32-33H,14,16-18H2,(H,30,34)(H,35,36)/t23-,24-/m0/s1. The lowest BCUT2D eigenvalue weighted by atomic mass is 10.0. The number of H-pyrrole nitrogens is 1. The summed E-state index contributed by atoms with van der Waals surface area (Å²) in [5, 5.41) is 33.8. The number of carbonyl (C=O) groups excluding carboxylic acids is 1. The average molecular weight is 504 g/mol. The molecule has 0 unspecified atom stereocenters. The van der Waals surface area contributed by atoms with E-state index in [1.807, 2.05) is 24.4 Å². The first-order chi connectivity index (χ1) is 17.9. The summed E-state index contributed by atoms with van der Waals surface area (Å²) in [5.41, 5.74) is 2.84. The molecule has 0 saturated carbocycles. The van der Waals surface area contributed by atoms with Crippen molar-refractivity contribution in [2.75, 3.05) is 25.1 Å². The first-order valence-electron chi connectivity index (χ1n) is 11.9. The Morgan fingerprint density at radius 2 is 1.76 bits per heavy atom. The van der Waals surface area contributed by atoms with Gasteiger partial charge in [0.25, 0.3) is 5.91 Å². The molecule has 0 radical (unpaired) electrons. The van der Waals surface area contributed by atoms with Crippen molar-refractivity contribution < 1.29 is 29.6 Å². The van der Waals surface area contributed by atoms with Gasteiger partial charge in [0.05, 0.1) is 19.2 Å². The SMILES string of the molecule is O=C(Nc1ccc(C[C@@H](CO)N(C[C@H](O)COc2ccccc2)C(=O)O)cc1)c1ccc2[nH]ccc2c1. The van der Waals surface area contributed by atoms with Gasteiger partial charge in [-0.15, -0.1) is 0 Å². The van der Waals surface area contributed by atoms with Crippen LogP contribution in [0.15, 0.2) is 85.1 Å². The number of carbonyl (C=O) groups is 2. The van der Waals surface area contributed by atoms with Gasteiger partial charge in [-0.2, -0.15) is 0 Å². The molecule has 1 aromatic heterocycles. The van der Waals surface area contributed by atoms with Crippen molar-refractivity contribution in [1.29, 1.82) is 0 Å². The van der Waals surface area contributed by atoms with Crippen molar-refractivity contribution in [3.8, 4) is 5.75 Å². The zero-order valence-electron chi connectivity index (χ0n) is 20.1. The summed E-state index contributed by atoms with van der Waals surface area (Å²) in [7, 11) is 0. The number of carboxylic acid groups (broad SMARTS) is 1. The van der Waals surface area contributed by atoms with Gasteiger partial charge in [0.2, 0.25) is 0 Å². The van der Waals surface area contributed by atoms with Crippen molar-refractivity contribution in [3.63, 3.8) is 0 Å². The van der Waals surface area contributed by atoms with Crippen molar-refractivity contribution in [2.24, 2.45) is 0 Å². The van der Waals surface area contributed by atoms with Crippen LogP contribution in [0.3, 0.4) is 0 Å². The van der Waals surface area contributed by atoms with Crippen LogP contribution in [0.1, 0.15) is 15.9 Å². The molecule has 2 atom stereocenters. The van der Waals surface area contributed by atoms with Crippen LogP contribution >= 0.6 is 0 Å². The van der Waals surface area contributed by atoms with Gasteiger partial charge in [0.15, 0.2) is 0 Å². The maximum Gasteiger partial charge on any atom is 0.407 e. The quantitative estimate of drug-likeness (QED) is 0.212. The number of hydrogen-bond donors (Lipinski definition) is 5. The fourth-order valence-electron chi connectivity index (χ4n) is 4.04. The van der Waals surface area contributed by atoms with Crippen LogP contribution in [0.25, 0.3) is 10.9 Å². The van der Waals surface area contributed by atoms with E-state index in [-0.39, 0.29) is 25.5 Å². The molecule has 0 aliphatic rings. The average Bonchev–Trinajstić information content (AvgIpc) is 3.39. The number of nitrogens with zero attached hydrogens (tertiary/aromatic N) is 1. The molecule has 5 N–H and O–H groups in total. The van der Waals surface area contributed by atoms with Crippen molar-refractivity contribution in [3.05, 3.63) is 96.2 Å². The van der Waals surface area contributed by atoms with Crippen LogP contribution in [0, 0.1) is 0 Å². The van der Waals surface area contributed by atoms with Gasteiger partial charge in [-0.25, -0.2) is 4.79 Å². The molecule has 3 aromatic carbocycles. The van der Waals surface area contributed by atoms with E-state index in [1.165, 1.54) is 0 Å². The van der Waals surface area contributed by atoms with Gasteiger partial charge in [-0.3, -0.25) is 4.79 Å². The fraction of sp³-hybridized carbons (Fsp3) is 0.214. The Labute approximate surface area is 213 Å². The third kappa shape index (κ3) is 6.87. The van der Waals surface area contributed by atoms with Gasteiger partial charge < -0.3 is 35.3 Å². The molecule has 0 spiro atoms. The summed E-state index contributed by atoms with van der Waals surface area (Å²) >= 11 is 0. The number of aromatic amines is 1. The Morgan fingerprint density at radius 3 is 2.46 bits per heavy atom. The highest BCUT2D eigenvalue weighted by molar-refractivity contribution is 6.06. The van der Waals surface area contributed by atoms with Gasteiger partial charge in [-0.1, -0.05) is 30.3 Å². The van der Waals surface area contributed by atoms with Crippen LogP contribution in [-0.2, 0) is 6.42 Å². The number of fused-ring (bicyclic) bond motifs is 1. The highest BCUT2D eigenvalue weighted by Gasteiger charge is 2.26. The fourth-order valence-corrected chi connectivity index (χ4v) is 4.04. The minimum atomic E-state index is -1.25. The number of rotatable bonds is 11. The topological polar surface area (TPSA) is 135 Å². The van der Waals surface area contributed by atoms with Crippen LogP contribution in [0.4, 0.5) is 10.5 Å². The van der Waals surface area contributed by atoms with E-state index in [4.69, 9.17) is 4.74 Å². The zero-order valence-corrected chi connectivity index (χ0v) is 20.1. The summed E-state index contributed by atoms with van der Waals surface area (Å²) < 4.78 is 5.51. The van der Waals surface area contributed by atoms with Gasteiger partial charge in [-0.05, 0) is 60.5 Å². The van der Waals surface area contributed by atoms with Gasteiger partial charge >= 0.3 is 6.09 Å². The highest BCUT2D eigenvalue weighted by Crippen LogP contribution is 2.18. The number of aromatic nitrogens is 1. The largest absolute Gasteiger partial charge is 0.491 e. The van der Waals surface area contributed by atoms with E-state index in [1.54, 1.807) is 60.7 Å². The molecule has 0 aliphatic heterocycles. The molecule has 0 bridgehead atoms. The number of benzene rings is 3. The van der Waals surface area contributed by atoms with Crippen LogP contribution < -0.4 is 10.1 Å². The Balaban J connectivity index is 1.34. The lowest BCUT2D eigenvalue weighted by molar-refractivity contribution is 0.0388. The van der Waals surface area contributed by atoms with E-state index in [9.17, 15) is 24.9 Å². The molecule has 1 heterocycles. The summed E-state index contributed by atoms with van der Waals surface area (Å²) in [4.78, 5) is 28.6. The second kappa shape index (κ2) is 12.1. The summed E-state index contributed by atoms with van der Waals surface area (Å²) in [6, 6.07) is 22.4. The van der Waals surface area contributed by atoms with E-state index >= 15 is 0 Å². The molecule has 2 amide bonds.